The fourth-order valence-electron chi connectivity index (χ4n) is 3.21. The zero-order valence-electron chi connectivity index (χ0n) is 17.2. The monoisotopic (exact) mass is 558 g/mol. The summed E-state index contributed by atoms with van der Waals surface area (Å²) in [6, 6.07) is 18.8. The van der Waals surface area contributed by atoms with E-state index in [-0.39, 0.29) is 10.1 Å². The Kier molecular flexibility index (Phi) is 5.81. The highest BCUT2D eigenvalue weighted by atomic mass is 79.9. The van der Waals surface area contributed by atoms with Crippen LogP contribution >= 0.6 is 27.3 Å². The van der Waals surface area contributed by atoms with Crippen molar-refractivity contribution in [1.29, 1.82) is 0 Å². The molecule has 0 radical (unpaired) electrons. The van der Waals surface area contributed by atoms with Crippen molar-refractivity contribution in [2.24, 2.45) is 5.14 Å². The number of fused-ring (bicyclic) bond motifs is 3. The van der Waals surface area contributed by atoms with Gasteiger partial charge in [0.1, 0.15) is 16.9 Å². The normalized spacial score (nSPS) is 11.7. The second kappa shape index (κ2) is 8.80. The van der Waals surface area contributed by atoms with Crippen LogP contribution in [0.1, 0.15) is 10.6 Å². The van der Waals surface area contributed by atoms with Gasteiger partial charge in [-0.15, -0.1) is 5.10 Å². The fraction of sp³-hybridized carbons (Fsp3) is 0.0455. The molecule has 0 spiro atoms. The molecular formula is C22H15BrN4O5S2. The number of ketones is 1. The van der Waals surface area contributed by atoms with Gasteiger partial charge >= 0.3 is 0 Å². The fourth-order valence-corrected chi connectivity index (χ4v) is 4.99. The molecule has 0 unspecified atom stereocenters. The third kappa shape index (κ3) is 4.40. The Bertz CT molecular complexity index is 1670. The SMILES string of the molecule is NS(=O)(=O)c1nn2cc(-c3cc4ccccc4o3)nc2s1.O=C(CBr)c1cc2ccccc2o1. The van der Waals surface area contributed by atoms with Crippen LogP contribution in [0.15, 0.2) is 80.0 Å². The average molecular weight is 559 g/mol. The largest absolute Gasteiger partial charge is 0.454 e. The molecule has 0 aliphatic carbocycles. The van der Waals surface area contributed by atoms with Crippen LogP contribution in [0.4, 0.5) is 0 Å². The summed E-state index contributed by atoms with van der Waals surface area (Å²) < 4.78 is 34.7. The number of primary sulfonamides is 1. The number of aromatic nitrogens is 3. The molecule has 0 fully saturated rings. The lowest BCUT2D eigenvalue weighted by Crippen LogP contribution is -2.11. The first-order chi connectivity index (χ1) is 16.3. The van der Waals surface area contributed by atoms with Crippen LogP contribution in [0.3, 0.4) is 0 Å². The number of benzene rings is 2. The number of para-hydroxylation sites is 2. The van der Waals surface area contributed by atoms with Crippen LogP contribution in [0.25, 0.3) is 38.4 Å². The van der Waals surface area contributed by atoms with E-state index < -0.39 is 10.0 Å². The van der Waals surface area contributed by atoms with Gasteiger partial charge in [-0.25, -0.2) is 23.1 Å². The minimum atomic E-state index is -3.81. The number of rotatable bonds is 4. The van der Waals surface area contributed by atoms with Gasteiger partial charge in [-0.05, 0) is 24.3 Å². The maximum atomic E-state index is 11.2. The minimum Gasteiger partial charge on any atom is -0.454 e. The lowest BCUT2D eigenvalue weighted by molar-refractivity contribution is 0.0995. The number of nitrogens with zero attached hydrogens (tertiary/aromatic N) is 3. The Morgan fingerprint density at radius 2 is 1.68 bits per heavy atom. The number of carbonyl (C=O) groups excluding carboxylic acids is 1. The number of sulfonamides is 1. The molecule has 172 valence electrons. The smallest absolute Gasteiger partial charge is 0.267 e. The van der Waals surface area contributed by atoms with Crippen LogP contribution < -0.4 is 5.14 Å². The van der Waals surface area contributed by atoms with Crippen molar-refractivity contribution in [3.05, 3.63) is 72.6 Å². The second-order valence-corrected chi connectivity index (χ2v) is 10.4. The van der Waals surface area contributed by atoms with Crippen LogP contribution in [0.5, 0.6) is 0 Å². The van der Waals surface area contributed by atoms with Gasteiger partial charge in [0.2, 0.25) is 15.1 Å². The standard InChI is InChI=1S/C12H8N4O3S2.C10H7BrO2/c13-21(17,18)12-15-16-6-8(14-11(16)20-12)10-5-7-3-1-2-4-9(7)19-10;11-6-8(12)10-5-7-3-1-2-4-9(7)13-10/h1-6H,(H2,13,17,18);1-5H,6H2. The number of Topliss-reactive ketones (excluding diaryl/α,β-unsaturated/α-hetero) is 1. The second-order valence-electron chi connectivity index (χ2n) is 7.12. The molecule has 0 aliphatic heterocycles. The van der Waals surface area contributed by atoms with Crippen LogP contribution in [-0.4, -0.2) is 34.1 Å². The first-order valence-electron chi connectivity index (χ1n) is 9.77. The first-order valence-corrected chi connectivity index (χ1v) is 13.3. The van der Waals surface area contributed by atoms with E-state index in [2.05, 4.69) is 26.0 Å². The summed E-state index contributed by atoms with van der Waals surface area (Å²) in [6.45, 7) is 0. The number of hydrogen-bond acceptors (Lipinski definition) is 8. The molecule has 2 aromatic carbocycles. The number of nitrogens with two attached hydrogens (primary N) is 1. The number of carbonyl (C=O) groups is 1. The lowest BCUT2D eigenvalue weighted by atomic mass is 10.2. The molecule has 0 aliphatic rings. The molecule has 4 heterocycles. The van der Waals surface area contributed by atoms with Crippen LogP contribution in [0, 0.1) is 0 Å². The van der Waals surface area contributed by atoms with E-state index in [9.17, 15) is 13.2 Å². The van der Waals surface area contributed by atoms with E-state index >= 15 is 0 Å². The van der Waals surface area contributed by atoms with Gasteiger partial charge in [0, 0.05) is 10.8 Å². The molecule has 0 saturated carbocycles. The third-order valence-electron chi connectivity index (χ3n) is 4.77. The molecule has 0 saturated heterocycles. The minimum absolute atomic E-state index is 0.0313. The zero-order valence-corrected chi connectivity index (χ0v) is 20.4. The van der Waals surface area contributed by atoms with Gasteiger partial charge in [0.05, 0.1) is 11.5 Å². The summed E-state index contributed by atoms with van der Waals surface area (Å²) in [6.07, 6.45) is 1.61. The zero-order chi connectivity index (χ0) is 23.9. The van der Waals surface area contributed by atoms with Gasteiger partial charge in [0.25, 0.3) is 10.0 Å². The Balaban J connectivity index is 0.000000159. The van der Waals surface area contributed by atoms with Crippen molar-refractivity contribution < 1.29 is 22.0 Å². The predicted octanol–water partition coefficient (Wildman–Crippen LogP) is 4.86. The number of halogens is 1. The van der Waals surface area contributed by atoms with Gasteiger partial charge < -0.3 is 8.83 Å². The molecule has 12 heteroatoms. The first kappa shape index (κ1) is 22.5. The van der Waals surface area contributed by atoms with Gasteiger partial charge in [-0.3, -0.25) is 4.79 Å². The quantitative estimate of drug-likeness (QED) is 0.241. The maximum absolute atomic E-state index is 11.2. The Morgan fingerprint density at radius 1 is 1.03 bits per heavy atom. The van der Waals surface area contributed by atoms with Crippen molar-refractivity contribution in [3.63, 3.8) is 0 Å². The van der Waals surface area contributed by atoms with E-state index in [1.807, 2.05) is 54.6 Å². The topological polar surface area (TPSA) is 134 Å². The molecule has 9 nitrogen and oxygen atoms in total. The highest BCUT2D eigenvalue weighted by Gasteiger charge is 2.18. The number of furan rings is 2. The molecule has 6 aromatic rings. The van der Waals surface area contributed by atoms with E-state index in [4.69, 9.17) is 14.0 Å². The maximum Gasteiger partial charge on any atom is 0.267 e. The summed E-state index contributed by atoms with van der Waals surface area (Å²) in [5.41, 5.74) is 2.11. The van der Waals surface area contributed by atoms with Crippen LogP contribution in [-0.2, 0) is 10.0 Å². The molecular weight excluding hydrogens is 544 g/mol. The van der Waals surface area contributed by atoms with Crippen molar-refractivity contribution in [2.45, 2.75) is 4.34 Å². The summed E-state index contributed by atoms with van der Waals surface area (Å²) >= 11 is 4.01. The van der Waals surface area contributed by atoms with Crippen molar-refractivity contribution in [2.75, 3.05) is 5.33 Å². The molecule has 0 bridgehead atoms. The Hall–Kier alpha value is -3.32. The van der Waals surface area contributed by atoms with Crippen molar-refractivity contribution in [3.8, 4) is 11.5 Å². The summed E-state index contributed by atoms with van der Waals surface area (Å²) in [7, 11) is -3.81. The van der Waals surface area contributed by atoms with E-state index in [0.717, 1.165) is 33.3 Å². The predicted molar refractivity (Wildman–Crippen MR) is 132 cm³/mol. The molecule has 2 N–H and O–H groups in total. The van der Waals surface area contributed by atoms with E-state index in [1.165, 1.54) is 4.52 Å². The summed E-state index contributed by atoms with van der Waals surface area (Å²) in [5, 5.41) is 11.2. The Labute approximate surface area is 205 Å². The molecule has 4 aromatic heterocycles. The number of imidazole rings is 1. The van der Waals surface area contributed by atoms with Crippen LogP contribution in [0.2, 0.25) is 0 Å². The highest BCUT2D eigenvalue weighted by molar-refractivity contribution is 9.09. The van der Waals surface area contributed by atoms with E-state index in [0.29, 0.717) is 27.5 Å². The van der Waals surface area contributed by atoms with Gasteiger partial charge in [-0.2, -0.15) is 0 Å². The van der Waals surface area contributed by atoms with E-state index in [1.54, 1.807) is 12.3 Å². The average Bonchev–Trinajstić information content (AvgIpc) is 3.58. The van der Waals surface area contributed by atoms with Crippen molar-refractivity contribution in [1.82, 2.24) is 14.6 Å². The Morgan fingerprint density at radius 3 is 2.26 bits per heavy atom. The van der Waals surface area contributed by atoms with Gasteiger partial charge in [-0.1, -0.05) is 63.7 Å². The van der Waals surface area contributed by atoms with Gasteiger partial charge in [0.15, 0.2) is 11.5 Å². The molecule has 34 heavy (non-hydrogen) atoms. The number of hydrogen-bond donors (Lipinski definition) is 1. The summed E-state index contributed by atoms with van der Waals surface area (Å²) in [5.74, 6) is 0.986. The number of alkyl halides is 1. The molecule has 0 amide bonds. The summed E-state index contributed by atoms with van der Waals surface area (Å²) in [4.78, 5) is 16.0. The highest BCUT2D eigenvalue weighted by Crippen LogP contribution is 2.28. The molecule has 0 atom stereocenters. The molecule has 6 rings (SSSR count). The third-order valence-corrected chi connectivity index (χ3v) is 7.51. The van der Waals surface area contributed by atoms with Crippen molar-refractivity contribution >= 4 is 70.0 Å². The lowest BCUT2D eigenvalue weighted by Gasteiger charge is -1.88.